The molecule has 0 heterocycles. The Labute approximate surface area is 70.4 Å². The average Bonchev–Trinajstić information content (AvgIpc) is 1.96. The van der Waals surface area contributed by atoms with E-state index in [0.29, 0.717) is 6.54 Å². The number of hydrogen-bond acceptors (Lipinski definition) is 3. The molecule has 0 unspecified atom stereocenters. The fraction of sp³-hybridized carbons (Fsp3) is 0.714. The first kappa shape index (κ1) is 10.9. The Hall–Kier alpha value is -1.10. The van der Waals surface area contributed by atoms with Crippen LogP contribution in [0.2, 0.25) is 0 Å². The summed E-state index contributed by atoms with van der Waals surface area (Å²) in [7, 11) is 0. The summed E-state index contributed by atoms with van der Waals surface area (Å²) in [6, 6.07) is -1.48. The molecule has 0 aromatic heterocycles. The molecular weight excluding hydrogens is 162 g/mol. The van der Waals surface area contributed by atoms with E-state index in [1.54, 1.807) is 0 Å². The highest BCUT2D eigenvalue weighted by molar-refractivity contribution is 5.97. The number of rotatable bonds is 6. The highest BCUT2D eigenvalue weighted by Crippen LogP contribution is 1.88. The topological polar surface area (TPSA) is 86.6 Å². The van der Waals surface area contributed by atoms with Crippen molar-refractivity contribution >= 4 is 11.9 Å². The molecule has 0 aliphatic heterocycles. The van der Waals surface area contributed by atoms with Crippen LogP contribution in [0.15, 0.2) is 0 Å². The third-order valence-electron chi connectivity index (χ3n) is 1.37. The van der Waals surface area contributed by atoms with Gasteiger partial charge >= 0.3 is 11.9 Å². The molecule has 0 saturated heterocycles. The Morgan fingerprint density at radius 2 is 1.83 bits per heavy atom. The molecule has 0 bridgehead atoms. The summed E-state index contributed by atoms with van der Waals surface area (Å²) in [4.78, 5) is 20.6. The number of nitrogens with one attached hydrogen (secondary N) is 1. The molecule has 0 rings (SSSR count). The zero-order chi connectivity index (χ0) is 9.56. The maximum absolute atomic E-state index is 10.3. The van der Waals surface area contributed by atoms with E-state index in [-0.39, 0.29) is 0 Å². The van der Waals surface area contributed by atoms with Gasteiger partial charge in [0.05, 0.1) is 0 Å². The molecule has 0 radical (unpaired) electrons. The summed E-state index contributed by atoms with van der Waals surface area (Å²) >= 11 is 0. The Morgan fingerprint density at radius 3 is 2.17 bits per heavy atom. The summed E-state index contributed by atoms with van der Waals surface area (Å²) in [6.45, 7) is 2.36. The highest BCUT2D eigenvalue weighted by Gasteiger charge is 2.24. The number of unbranched alkanes of at least 4 members (excludes halogenated alkanes) is 1. The van der Waals surface area contributed by atoms with Gasteiger partial charge in [0.25, 0.3) is 0 Å². The standard InChI is InChI=1S/C7H13NO4/c1-2-3-4-8-5(6(9)10)7(11)12/h5,8H,2-4H2,1H3,(H,9,10)(H,11,12). The Bertz CT molecular complexity index is 155. The van der Waals surface area contributed by atoms with E-state index in [2.05, 4.69) is 5.32 Å². The predicted octanol–water partition coefficient (Wildman–Crippen LogP) is -0.0861. The van der Waals surface area contributed by atoms with Crippen LogP contribution in [0.25, 0.3) is 0 Å². The third-order valence-corrected chi connectivity index (χ3v) is 1.37. The molecule has 0 fully saturated rings. The van der Waals surface area contributed by atoms with Gasteiger partial charge in [-0.1, -0.05) is 13.3 Å². The summed E-state index contributed by atoms with van der Waals surface area (Å²) in [5, 5.41) is 19.2. The summed E-state index contributed by atoms with van der Waals surface area (Å²) < 4.78 is 0. The number of aliphatic carboxylic acids is 2. The first-order valence-corrected chi connectivity index (χ1v) is 3.78. The van der Waals surface area contributed by atoms with E-state index in [9.17, 15) is 9.59 Å². The van der Waals surface area contributed by atoms with Gasteiger partial charge in [0.1, 0.15) is 0 Å². The van der Waals surface area contributed by atoms with Crippen LogP contribution in [0.1, 0.15) is 19.8 Å². The molecule has 5 heteroatoms. The maximum atomic E-state index is 10.3. The molecule has 0 atom stereocenters. The lowest BCUT2D eigenvalue weighted by Gasteiger charge is -2.08. The number of hydrogen-bond donors (Lipinski definition) is 3. The number of carbonyl (C=O) groups is 2. The van der Waals surface area contributed by atoms with Crippen LogP contribution in [0.4, 0.5) is 0 Å². The van der Waals surface area contributed by atoms with Gasteiger partial charge in [0, 0.05) is 0 Å². The van der Waals surface area contributed by atoms with Crippen molar-refractivity contribution in [3.05, 3.63) is 0 Å². The molecule has 0 aliphatic rings. The average molecular weight is 175 g/mol. The lowest BCUT2D eigenvalue weighted by Crippen LogP contribution is -2.43. The molecule has 0 saturated carbocycles. The fourth-order valence-corrected chi connectivity index (χ4v) is 0.703. The Morgan fingerprint density at radius 1 is 1.33 bits per heavy atom. The molecule has 0 aromatic carbocycles. The largest absolute Gasteiger partial charge is 0.480 e. The van der Waals surface area contributed by atoms with Crippen molar-refractivity contribution in [2.45, 2.75) is 25.8 Å². The molecule has 70 valence electrons. The van der Waals surface area contributed by atoms with Crippen LogP contribution >= 0.6 is 0 Å². The molecule has 0 amide bonds. The van der Waals surface area contributed by atoms with E-state index in [1.165, 1.54) is 0 Å². The van der Waals surface area contributed by atoms with Crippen LogP contribution in [-0.2, 0) is 9.59 Å². The van der Waals surface area contributed by atoms with Crippen molar-refractivity contribution in [3.8, 4) is 0 Å². The van der Waals surface area contributed by atoms with Crippen LogP contribution in [0, 0.1) is 0 Å². The molecular formula is C7H13NO4. The van der Waals surface area contributed by atoms with Gasteiger partial charge in [-0.2, -0.15) is 0 Å². The van der Waals surface area contributed by atoms with Crippen LogP contribution < -0.4 is 5.32 Å². The van der Waals surface area contributed by atoms with E-state index < -0.39 is 18.0 Å². The number of carboxylic acid groups (broad SMARTS) is 2. The van der Waals surface area contributed by atoms with Gasteiger partial charge < -0.3 is 10.2 Å². The minimum atomic E-state index is -1.48. The molecule has 5 nitrogen and oxygen atoms in total. The minimum absolute atomic E-state index is 0.416. The quantitative estimate of drug-likeness (QED) is 0.388. The van der Waals surface area contributed by atoms with Gasteiger partial charge in [-0.05, 0) is 13.0 Å². The molecule has 0 aromatic rings. The second-order valence-electron chi connectivity index (χ2n) is 2.42. The van der Waals surface area contributed by atoms with Crippen LogP contribution in [0.3, 0.4) is 0 Å². The molecule has 3 N–H and O–H groups in total. The van der Waals surface area contributed by atoms with Crippen molar-refractivity contribution in [2.75, 3.05) is 6.54 Å². The first-order valence-electron chi connectivity index (χ1n) is 3.78. The van der Waals surface area contributed by atoms with Crippen molar-refractivity contribution in [1.29, 1.82) is 0 Å². The maximum Gasteiger partial charge on any atom is 0.332 e. The Balaban J connectivity index is 3.80. The highest BCUT2D eigenvalue weighted by atomic mass is 16.4. The van der Waals surface area contributed by atoms with Gasteiger partial charge in [-0.3, -0.25) is 5.32 Å². The van der Waals surface area contributed by atoms with E-state index in [0.717, 1.165) is 12.8 Å². The summed E-state index contributed by atoms with van der Waals surface area (Å²) in [5.74, 6) is -2.70. The van der Waals surface area contributed by atoms with Crippen molar-refractivity contribution in [3.63, 3.8) is 0 Å². The van der Waals surface area contributed by atoms with E-state index in [4.69, 9.17) is 10.2 Å². The van der Waals surface area contributed by atoms with Crippen molar-refractivity contribution in [1.82, 2.24) is 5.32 Å². The third kappa shape index (κ3) is 3.92. The second-order valence-corrected chi connectivity index (χ2v) is 2.42. The van der Waals surface area contributed by atoms with Gasteiger partial charge in [0.2, 0.25) is 6.04 Å². The van der Waals surface area contributed by atoms with Crippen molar-refractivity contribution in [2.24, 2.45) is 0 Å². The summed E-state index contributed by atoms with van der Waals surface area (Å²) in [5.41, 5.74) is 0. The van der Waals surface area contributed by atoms with Gasteiger partial charge in [-0.15, -0.1) is 0 Å². The zero-order valence-corrected chi connectivity index (χ0v) is 6.91. The van der Waals surface area contributed by atoms with E-state index >= 15 is 0 Å². The first-order chi connectivity index (χ1) is 5.59. The van der Waals surface area contributed by atoms with Crippen LogP contribution in [0.5, 0.6) is 0 Å². The van der Waals surface area contributed by atoms with Crippen molar-refractivity contribution < 1.29 is 19.8 Å². The Kier molecular flexibility index (Phi) is 5.03. The minimum Gasteiger partial charge on any atom is -0.480 e. The smallest absolute Gasteiger partial charge is 0.332 e. The second kappa shape index (κ2) is 5.54. The van der Waals surface area contributed by atoms with Gasteiger partial charge in [-0.25, -0.2) is 9.59 Å². The number of carboxylic acids is 2. The lowest BCUT2D eigenvalue weighted by atomic mass is 10.2. The van der Waals surface area contributed by atoms with Gasteiger partial charge in [0.15, 0.2) is 0 Å². The molecule has 0 aliphatic carbocycles. The zero-order valence-electron chi connectivity index (χ0n) is 6.91. The molecule has 0 spiro atoms. The summed E-state index contributed by atoms with van der Waals surface area (Å²) in [6.07, 6.45) is 1.68. The van der Waals surface area contributed by atoms with Crippen LogP contribution in [-0.4, -0.2) is 34.7 Å². The molecule has 12 heavy (non-hydrogen) atoms. The lowest BCUT2D eigenvalue weighted by molar-refractivity contribution is -0.151. The monoisotopic (exact) mass is 175 g/mol. The predicted molar refractivity (Wildman–Crippen MR) is 42.0 cm³/mol. The fourth-order valence-electron chi connectivity index (χ4n) is 0.703. The van der Waals surface area contributed by atoms with E-state index in [1.807, 2.05) is 6.92 Å². The SMILES string of the molecule is CCCCNC(C(=O)O)C(=O)O. The normalized spacial score (nSPS) is 10.2.